The monoisotopic (exact) mass is 259 g/mol. The molecule has 1 aliphatic carbocycles. The molecule has 2 rings (SSSR count). The van der Waals surface area contributed by atoms with Gasteiger partial charge in [0.2, 0.25) is 0 Å². The van der Waals surface area contributed by atoms with E-state index in [-0.39, 0.29) is 9.41 Å². The fourth-order valence-corrected chi connectivity index (χ4v) is 2.23. The minimum atomic E-state index is 0. The number of allylic oxidation sites excluding steroid dienone is 1. The Balaban J connectivity index is 0.000000720. The normalized spacial score (nSPS) is 22.8. The summed E-state index contributed by atoms with van der Waals surface area (Å²) in [6.45, 7) is 2.29. The van der Waals surface area contributed by atoms with Crippen LogP contribution in [0.4, 0.5) is 9.41 Å². The van der Waals surface area contributed by atoms with E-state index in [9.17, 15) is 0 Å². The minimum Gasteiger partial charge on any atom is -0.269 e. The molecule has 0 nitrogen and oxygen atoms in total. The maximum Gasteiger partial charge on any atom is -0.269 e. The van der Waals surface area contributed by atoms with Crippen molar-refractivity contribution in [3.05, 3.63) is 41.5 Å². The average Bonchev–Trinajstić information content (AvgIpc) is 2.29. The summed E-state index contributed by atoms with van der Waals surface area (Å²) >= 11 is 1.57. The molecule has 1 atom stereocenters. The van der Waals surface area contributed by atoms with E-state index in [4.69, 9.17) is 0 Å². The van der Waals surface area contributed by atoms with Crippen LogP contribution in [-0.2, 0) is 27.8 Å². The molecular weight excluding hydrogens is 249 g/mol. The van der Waals surface area contributed by atoms with Crippen molar-refractivity contribution in [2.75, 3.05) is 0 Å². The van der Waals surface area contributed by atoms with E-state index in [2.05, 4.69) is 43.3 Å². The van der Waals surface area contributed by atoms with Crippen molar-refractivity contribution in [2.24, 2.45) is 0 Å². The Morgan fingerprint density at radius 2 is 1.77 bits per heavy atom. The van der Waals surface area contributed by atoms with Gasteiger partial charge in [-0.1, -0.05) is 0 Å². The van der Waals surface area contributed by atoms with Crippen LogP contribution >= 0.6 is 0 Å². The summed E-state index contributed by atoms with van der Waals surface area (Å²) in [7, 11) is 0. The molecule has 0 aliphatic heterocycles. The number of halogens is 2. The third-order valence-corrected chi connectivity index (χ3v) is 3.19. The van der Waals surface area contributed by atoms with Crippen molar-refractivity contribution in [2.45, 2.75) is 10.0 Å². The molecular formula is C10H11F2Zr. The van der Waals surface area contributed by atoms with Gasteiger partial charge < -0.3 is 0 Å². The van der Waals surface area contributed by atoms with Gasteiger partial charge in [-0.2, -0.15) is 0 Å². The molecule has 0 N–H and O–H groups in total. The van der Waals surface area contributed by atoms with Crippen molar-refractivity contribution in [1.29, 1.82) is 0 Å². The zero-order valence-corrected chi connectivity index (χ0v) is 9.74. The largest absolute Gasteiger partial charge is 0.269 e. The molecule has 0 amide bonds. The SMILES string of the molecule is C[C]1([Zr])C=Cc2ccccc21.F.F. The van der Waals surface area contributed by atoms with Gasteiger partial charge in [0, 0.05) is 0 Å². The number of fused-ring (bicyclic) bond motifs is 1. The van der Waals surface area contributed by atoms with E-state index in [1.54, 1.807) is 24.7 Å². The first-order valence-corrected chi connectivity index (χ1v) is 4.97. The van der Waals surface area contributed by atoms with Gasteiger partial charge in [-0.3, -0.25) is 9.41 Å². The topological polar surface area (TPSA) is 0 Å². The first kappa shape index (κ1) is 12.7. The summed E-state index contributed by atoms with van der Waals surface area (Å²) in [5.41, 5.74) is 2.88. The van der Waals surface area contributed by atoms with Gasteiger partial charge in [0.25, 0.3) is 0 Å². The molecule has 1 aromatic rings. The molecule has 1 aromatic carbocycles. The summed E-state index contributed by atoms with van der Waals surface area (Å²) in [5, 5.41) is 0. The fourth-order valence-electron chi connectivity index (χ4n) is 1.46. The van der Waals surface area contributed by atoms with Crippen LogP contribution < -0.4 is 0 Å². The van der Waals surface area contributed by atoms with E-state index >= 15 is 0 Å². The second-order valence-corrected chi connectivity index (χ2v) is 5.68. The molecule has 1 unspecified atom stereocenters. The average molecular weight is 260 g/mol. The van der Waals surface area contributed by atoms with Gasteiger partial charge in [0.15, 0.2) is 0 Å². The van der Waals surface area contributed by atoms with E-state index in [1.807, 2.05) is 0 Å². The van der Waals surface area contributed by atoms with Crippen LogP contribution in [0.5, 0.6) is 0 Å². The molecule has 1 aliphatic rings. The van der Waals surface area contributed by atoms with Crippen LogP contribution in [0.25, 0.3) is 6.08 Å². The van der Waals surface area contributed by atoms with E-state index in [1.165, 1.54) is 11.1 Å². The zero-order valence-electron chi connectivity index (χ0n) is 7.28. The van der Waals surface area contributed by atoms with E-state index in [0.29, 0.717) is 3.12 Å². The van der Waals surface area contributed by atoms with Crippen molar-refractivity contribution >= 4 is 6.08 Å². The molecule has 3 heteroatoms. The summed E-state index contributed by atoms with van der Waals surface area (Å²) in [4.78, 5) is 0. The Morgan fingerprint density at radius 1 is 1.15 bits per heavy atom. The molecule has 0 saturated carbocycles. The molecule has 0 heterocycles. The second kappa shape index (κ2) is 4.28. The molecule has 13 heavy (non-hydrogen) atoms. The summed E-state index contributed by atoms with van der Waals surface area (Å²) in [5.74, 6) is 0. The van der Waals surface area contributed by atoms with Crippen molar-refractivity contribution in [3.63, 3.8) is 0 Å². The second-order valence-electron chi connectivity index (χ2n) is 3.12. The van der Waals surface area contributed by atoms with Crippen LogP contribution in [0.3, 0.4) is 0 Å². The number of benzene rings is 1. The predicted molar refractivity (Wildman–Crippen MR) is 47.8 cm³/mol. The van der Waals surface area contributed by atoms with E-state index < -0.39 is 0 Å². The van der Waals surface area contributed by atoms with Gasteiger partial charge in [0.05, 0.1) is 0 Å². The van der Waals surface area contributed by atoms with Crippen molar-refractivity contribution < 1.29 is 34.1 Å². The first-order valence-electron chi connectivity index (χ1n) is 3.74. The zero-order chi connectivity index (χ0) is 7.90. The third-order valence-electron chi connectivity index (χ3n) is 2.12. The number of hydrogen-bond donors (Lipinski definition) is 0. The standard InChI is InChI=1S/C10H9.2FH.Zr/c1-8-6-7-9-4-2-3-5-10(8)9;;;/h2-7H,1H3;2*1H;. The predicted octanol–water partition coefficient (Wildman–Crippen LogP) is 2.78. The smallest absolute Gasteiger partial charge is 0.269 e. The maximum atomic E-state index is 2.30. The van der Waals surface area contributed by atoms with Crippen LogP contribution in [0.1, 0.15) is 18.1 Å². The Kier molecular flexibility index (Phi) is 4.18. The van der Waals surface area contributed by atoms with Gasteiger partial charge in [-0.25, -0.2) is 0 Å². The van der Waals surface area contributed by atoms with Crippen LogP contribution in [0, 0.1) is 0 Å². The molecule has 0 radical (unpaired) electrons. The molecule has 69 valence electrons. The quantitative estimate of drug-likeness (QED) is 0.673. The molecule has 0 spiro atoms. The summed E-state index contributed by atoms with van der Waals surface area (Å²) in [6, 6.07) is 8.62. The maximum absolute atomic E-state index is 2.30. The van der Waals surface area contributed by atoms with Crippen LogP contribution in [0.2, 0.25) is 0 Å². The first-order chi connectivity index (χ1) is 5.20. The van der Waals surface area contributed by atoms with Crippen molar-refractivity contribution in [3.8, 4) is 0 Å². The molecule has 0 bridgehead atoms. The number of rotatable bonds is 0. The van der Waals surface area contributed by atoms with Gasteiger partial charge >= 0.3 is 82.3 Å². The Bertz CT molecular complexity index is 318. The summed E-state index contributed by atoms with van der Waals surface area (Å²) in [6.07, 6.45) is 4.53. The fraction of sp³-hybridized carbons (Fsp3) is 0.200. The van der Waals surface area contributed by atoms with Gasteiger partial charge in [0.1, 0.15) is 0 Å². The Hall–Kier alpha value is -0.297. The molecule has 0 saturated heterocycles. The molecule has 0 fully saturated rings. The Labute approximate surface area is 91.6 Å². The van der Waals surface area contributed by atoms with E-state index in [0.717, 1.165) is 0 Å². The Morgan fingerprint density at radius 3 is 2.38 bits per heavy atom. The molecule has 0 aromatic heterocycles. The summed E-state index contributed by atoms with van der Waals surface area (Å²) < 4.78 is 0.337. The van der Waals surface area contributed by atoms with Crippen LogP contribution in [-0.4, -0.2) is 0 Å². The third kappa shape index (κ3) is 2.14. The minimum absolute atomic E-state index is 0. The number of hydrogen-bond acceptors (Lipinski definition) is 0. The van der Waals surface area contributed by atoms with Gasteiger partial charge in [-0.15, -0.1) is 0 Å². The van der Waals surface area contributed by atoms with Gasteiger partial charge in [-0.05, 0) is 0 Å². The van der Waals surface area contributed by atoms with Crippen molar-refractivity contribution in [1.82, 2.24) is 0 Å². The van der Waals surface area contributed by atoms with Crippen LogP contribution in [0.15, 0.2) is 30.3 Å².